The molecule has 2 N–H and O–H groups in total. The highest BCUT2D eigenvalue weighted by molar-refractivity contribution is 6.30. The third-order valence-electron chi connectivity index (χ3n) is 3.72. The number of hydrogen-bond acceptors (Lipinski definition) is 4. The van der Waals surface area contributed by atoms with Gasteiger partial charge in [0.2, 0.25) is 0 Å². The molecular formula is C20H18ClN3O2. The van der Waals surface area contributed by atoms with E-state index in [9.17, 15) is 4.79 Å². The van der Waals surface area contributed by atoms with Crippen LogP contribution in [0.1, 0.15) is 15.9 Å². The highest BCUT2D eigenvalue weighted by atomic mass is 35.5. The minimum Gasteiger partial charge on any atom is -0.495 e. The largest absolute Gasteiger partial charge is 0.495 e. The van der Waals surface area contributed by atoms with Crippen LogP contribution < -0.4 is 15.4 Å². The van der Waals surface area contributed by atoms with Crippen molar-refractivity contribution in [1.29, 1.82) is 0 Å². The molecule has 132 valence electrons. The van der Waals surface area contributed by atoms with Crippen molar-refractivity contribution in [2.24, 2.45) is 0 Å². The normalized spacial score (nSPS) is 10.3. The second-order valence-corrected chi connectivity index (χ2v) is 6.16. The monoisotopic (exact) mass is 367 g/mol. The number of amides is 1. The Kier molecular flexibility index (Phi) is 5.39. The van der Waals surface area contributed by atoms with Crippen LogP contribution in [0.2, 0.25) is 5.02 Å². The molecular weight excluding hydrogens is 350 g/mol. The fourth-order valence-corrected chi connectivity index (χ4v) is 2.66. The fourth-order valence-electron chi connectivity index (χ4n) is 2.47. The van der Waals surface area contributed by atoms with Crippen LogP contribution in [-0.2, 0) is 0 Å². The molecule has 0 saturated carbocycles. The summed E-state index contributed by atoms with van der Waals surface area (Å²) in [6.45, 7) is 1.95. The smallest absolute Gasteiger partial charge is 0.255 e. The van der Waals surface area contributed by atoms with Crippen LogP contribution >= 0.6 is 11.6 Å². The summed E-state index contributed by atoms with van der Waals surface area (Å²) >= 11 is 5.99. The number of anilines is 3. The minimum atomic E-state index is -0.245. The van der Waals surface area contributed by atoms with Crippen molar-refractivity contribution in [2.45, 2.75) is 6.92 Å². The van der Waals surface area contributed by atoms with E-state index in [1.807, 2.05) is 37.3 Å². The van der Waals surface area contributed by atoms with E-state index in [0.717, 1.165) is 11.3 Å². The average Bonchev–Trinajstić information content (AvgIpc) is 2.62. The number of ether oxygens (including phenoxy) is 1. The SMILES string of the molecule is COc1ccc(C)cc1NC(=O)c1ccnc(Nc2cccc(Cl)c2)c1. The molecule has 0 radical (unpaired) electrons. The van der Waals surface area contributed by atoms with Crippen molar-refractivity contribution >= 4 is 34.7 Å². The van der Waals surface area contributed by atoms with E-state index in [-0.39, 0.29) is 5.91 Å². The van der Waals surface area contributed by atoms with Crippen molar-refractivity contribution in [3.05, 3.63) is 76.9 Å². The van der Waals surface area contributed by atoms with Crippen molar-refractivity contribution in [2.75, 3.05) is 17.7 Å². The van der Waals surface area contributed by atoms with Crippen LogP contribution in [0.5, 0.6) is 5.75 Å². The lowest BCUT2D eigenvalue weighted by atomic mass is 10.2. The topological polar surface area (TPSA) is 63.2 Å². The van der Waals surface area contributed by atoms with Crippen molar-refractivity contribution in [1.82, 2.24) is 4.98 Å². The lowest BCUT2D eigenvalue weighted by Crippen LogP contribution is -2.13. The number of aryl methyl sites for hydroxylation is 1. The Morgan fingerprint density at radius 3 is 2.73 bits per heavy atom. The molecule has 0 unspecified atom stereocenters. The molecule has 0 saturated heterocycles. The van der Waals surface area contributed by atoms with Crippen LogP contribution in [0.4, 0.5) is 17.2 Å². The van der Waals surface area contributed by atoms with E-state index in [0.29, 0.717) is 27.8 Å². The summed E-state index contributed by atoms with van der Waals surface area (Å²) in [7, 11) is 1.57. The highest BCUT2D eigenvalue weighted by Gasteiger charge is 2.11. The van der Waals surface area contributed by atoms with Crippen molar-refractivity contribution < 1.29 is 9.53 Å². The molecule has 1 amide bonds. The fraction of sp³-hybridized carbons (Fsp3) is 0.100. The zero-order valence-corrected chi connectivity index (χ0v) is 15.2. The third kappa shape index (κ3) is 4.32. The molecule has 2 aromatic carbocycles. The number of carbonyl (C=O) groups excluding carboxylic acids is 1. The quantitative estimate of drug-likeness (QED) is 0.662. The Hall–Kier alpha value is -3.05. The van der Waals surface area contributed by atoms with Crippen LogP contribution in [-0.4, -0.2) is 18.0 Å². The summed E-state index contributed by atoms with van der Waals surface area (Å²) in [6, 6.07) is 16.2. The van der Waals surface area contributed by atoms with E-state index >= 15 is 0 Å². The summed E-state index contributed by atoms with van der Waals surface area (Å²) in [6.07, 6.45) is 1.58. The van der Waals surface area contributed by atoms with Gasteiger partial charge >= 0.3 is 0 Å². The number of halogens is 1. The molecule has 0 aliphatic carbocycles. The molecule has 3 aromatic rings. The van der Waals surface area contributed by atoms with Gasteiger partial charge < -0.3 is 15.4 Å². The van der Waals surface area contributed by atoms with Crippen molar-refractivity contribution in [3.8, 4) is 5.75 Å². The number of hydrogen-bond donors (Lipinski definition) is 2. The van der Waals surface area contributed by atoms with E-state index in [2.05, 4.69) is 15.6 Å². The molecule has 0 spiro atoms. The van der Waals surface area contributed by atoms with Gasteiger partial charge in [0.1, 0.15) is 11.6 Å². The van der Waals surface area contributed by atoms with Gasteiger partial charge in [0.05, 0.1) is 12.8 Å². The van der Waals surface area contributed by atoms with Crippen molar-refractivity contribution in [3.63, 3.8) is 0 Å². The maximum atomic E-state index is 12.6. The van der Waals surface area contributed by atoms with Gasteiger partial charge in [-0.3, -0.25) is 4.79 Å². The molecule has 0 fully saturated rings. The highest BCUT2D eigenvalue weighted by Crippen LogP contribution is 2.26. The molecule has 0 aliphatic rings. The summed E-state index contributed by atoms with van der Waals surface area (Å²) in [5.41, 5.74) is 2.92. The number of rotatable bonds is 5. The standard InChI is InChI=1S/C20H18ClN3O2/c1-13-6-7-18(26-2)17(10-13)24-20(25)14-8-9-22-19(11-14)23-16-5-3-4-15(21)12-16/h3-12H,1-2H3,(H,22,23)(H,24,25). The van der Waals surface area contributed by atoms with E-state index < -0.39 is 0 Å². The summed E-state index contributed by atoms with van der Waals surface area (Å²) in [4.78, 5) is 16.9. The number of nitrogens with one attached hydrogen (secondary N) is 2. The van der Waals surface area contributed by atoms with Gasteiger partial charge in [-0.15, -0.1) is 0 Å². The van der Waals surface area contributed by atoms with Crippen LogP contribution in [0.15, 0.2) is 60.8 Å². The Morgan fingerprint density at radius 2 is 1.96 bits per heavy atom. The Labute approximate surface area is 157 Å². The Bertz CT molecular complexity index is 944. The van der Waals surface area contributed by atoms with Gasteiger partial charge in [-0.05, 0) is 55.0 Å². The summed E-state index contributed by atoms with van der Waals surface area (Å²) < 4.78 is 5.30. The van der Waals surface area contributed by atoms with E-state index in [1.165, 1.54) is 0 Å². The maximum Gasteiger partial charge on any atom is 0.255 e. The minimum absolute atomic E-state index is 0.245. The van der Waals surface area contributed by atoms with Crippen LogP contribution in [0.25, 0.3) is 0 Å². The predicted octanol–water partition coefficient (Wildman–Crippen LogP) is 5.05. The first-order valence-electron chi connectivity index (χ1n) is 8.00. The van der Waals surface area contributed by atoms with E-state index in [4.69, 9.17) is 16.3 Å². The number of benzene rings is 2. The summed E-state index contributed by atoms with van der Waals surface area (Å²) in [5, 5.41) is 6.63. The lowest BCUT2D eigenvalue weighted by Gasteiger charge is -2.12. The van der Waals surface area contributed by atoms with Gasteiger partial charge in [0, 0.05) is 22.5 Å². The average molecular weight is 368 g/mol. The van der Waals surface area contributed by atoms with Gasteiger partial charge in [0.15, 0.2) is 0 Å². The number of aromatic nitrogens is 1. The molecule has 1 aromatic heterocycles. The summed E-state index contributed by atoms with van der Waals surface area (Å²) in [5.74, 6) is 0.914. The molecule has 0 bridgehead atoms. The number of nitrogens with zero attached hydrogens (tertiary/aromatic N) is 1. The second-order valence-electron chi connectivity index (χ2n) is 5.72. The predicted molar refractivity (Wildman–Crippen MR) is 105 cm³/mol. The van der Waals surface area contributed by atoms with Gasteiger partial charge in [-0.1, -0.05) is 23.7 Å². The second kappa shape index (κ2) is 7.89. The molecule has 5 nitrogen and oxygen atoms in total. The van der Waals surface area contributed by atoms with Gasteiger partial charge in [-0.25, -0.2) is 4.98 Å². The van der Waals surface area contributed by atoms with Crippen LogP contribution in [0, 0.1) is 6.92 Å². The molecule has 26 heavy (non-hydrogen) atoms. The van der Waals surface area contributed by atoms with Gasteiger partial charge in [0.25, 0.3) is 5.91 Å². The Morgan fingerprint density at radius 1 is 1.12 bits per heavy atom. The zero-order valence-electron chi connectivity index (χ0n) is 14.4. The molecule has 6 heteroatoms. The van der Waals surface area contributed by atoms with Crippen LogP contribution in [0.3, 0.4) is 0 Å². The van der Waals surface area contributed by atoms with E-state index in [1.54, 1.807) is 37.6 Å². The molecule has 1 heterocycles. The maximum absolute atomic E-state index is 12.6. The first-order valence-corrected chi connectivity index (χ1v) is 8.37. The third-order valence-corrected chi connectivity index (χ3v) is 3.96. The van der Waals surface area contributed by atoms with Gasteiger partial charge in [-0.2, -0.15) is 0 Å². The number of pyridine rings is 1. The number of carbonyl (C=O) groups is 1. The molecule has 3 rings (SSSR count). The molecule has 0 aliphatic heterocycles. The first kappa shape index (κ1) is 17.8. The lowest BCUT2D eigenvalue weighted by molar-refractivity contribution is 0.102. The number of methoxy groups -OCH3 is 1. The Balaban J connectivity index is 1.79. The zero-order chi connectivity index (χ0) is 18.5. The first-order chi connectivity index (χ1) is 12.5. The molecule has 0 atom stereocenters.